The summed E-state index contributed by atoms with van der Waals surface area (Å²) in [7, 11) is 2.07. The molecule has 8 nitrogen and oxygen atoms in total. The summed E-state index contributed by atoms with van der Waals surface area (Å²) in [6, 6.07) is 3.77. The molecule has 1 fully saturated rings. The normalized spacial score (nSPS) is 23.5. The van der Waals surface area contributed by atoms with Crippen LogP contribution < -0.4 is 10.1 Å². The van der Waals surface area contributed by atoms with Gasteiger partial charge in [0.2, 0.25) is 0 Å². The molecule has 1 aliphatic carbocycles. The zero-order valence-electron chi connectivity index (χ0n) is 17.1. The van der Waals surface area contributed by atoms with Gasteiger partial charge in [-0.15, -0.1) is 0 Å². The number of hydrogen-bond acceptors (Lipinski definition) is 4. The maximum Gasteiger partial charge on any atom is 0.511 e. The Kier molecular flexibility index (Phi) is 5.12. The van der Waals surface area contributed by atoms with Gasteiger partial charge in [-0.05, 0) is 51.4 Å². The number of hydrogen-bond donors (Lipinski definition) is 3. The van der Waals surface area contributed by atoms with Crippen LogP contribution in [0.4, 0.5) is 9.59 Å². The highest BCUT2D eigenvalue weighted by molar-refractivity contribution is 5.91. The second-order valence-electron chi connectivity index (χ2n) is 7.95. The molecule has 0 spiro atoms. The molecule has 1 aromatic carbocycles. The van der Waals surface area contributed by atoms with E-state index in [0.29, 0.717) is 18.8 Å². The number of carbonyl (C=O) groups excluding carboxylic acids is 1. The molecule has 2 amide bonds. The lowest BCUT2D eigenvalue weighted by Gasteiger charge is -2.46. The Morgan fingerprint density at radius 2 is 2.10 bits per heavy atom. The number of aromatic amines is 1. The van der Waals surface area contributed by atoms with Crippen LogP contribution in [-0.2, 0) is 6.42 Å². The average molecular weight is 400 g/mol. The van der Waals surface area contributed by atoms with E-state index in [1.165, 1.54) is 5.56 Å². The molecule has 29 heavy (non-hydrogen) atoms. The van der Waals surface area contributed by atoms with Crippen molar-refractivity contribution in [1.29, 1.82) is 0 Å². The highest BCUT2D eigenvalue weighted by Crippen LogP contribution is 2.47. The van der Waals surface area contributed by atoms with E-state index in [1.807, 2.05) is 26.1 Å². The van der Waals surface area contributed by atoms with Crippen LogP contribution >= 0.6 is 0 Å². The van der Waals surface area contributed by atoms with Gasteiger partial charge in [0.1, 0.15) is 5.75 Å². The van der Waals surface area contributed by atoms with Gasteiger partial charge in [-0.1, -0.05) is 0 Å². The first-order chi connectivity index (χ1) is 13.9. The lowest BCUT2D eigenvalue weighted by Crippen LogP contribution is -2.56. The predicted molar refractivity (Wildman–Crippen MR) is 110 cm³/mol. The zero-order valence-corrected chi connectivity index (χ0v) is 17.1. The second kappa shape index (κ2) is 7.59. The molecular weight excluding hydrogens is 372 g/mol. The molecule has 0 saturated carbocycles. The maximum atomic E-state index is 12.6. The first kappa shape index (κ1) is 19.6. The highest BCUT2D eigenvalue weighted by atomic mass is 16.7. The van der Waals surface area contributed by atoms with Crippen LogP contribution in [-0.4, -0.2) is 70.8 Å². The Balaban J connectivity index is 1.69. The SMILES string of the molecule is CCN(CC)C(=O)N[C@H]1CC2c3c(OC(=O)O)ccc4[nH]cc(c34)C[C@H]2N(C)C1. The molecule has 156 valence electrons. The van der Waals surface area contributed by atoms with Gasteiger partial charge in [0.05, 0.1) is 0 Å². The molecule has 8 heteroatoms. The number of likely N-dealkylation sites (tertiary alicyclic amines) is 1. The molecule has 0 bridgehead atoms. The molecule has 1 aromatic heterocycles. The predicted octanol–water partition coefficient (Wildman–Crippen LogP) is 2.99. The highest BCUT2D eigenvalue weighted by Gasteiger charge is 2.41. The molecule has 1 aliphatic heterocycles. The van der Waals surface area contributed by atoms with Crippen molar-refractivity contribution in [1.82, 2.24) is 20.1 Å². The molecule has 2 aliphatic rings. The topological polar surface area (TPSA) is 97.9 Å². The molecule has 1 saturated heterocycles. The Morgan fingerprint density at radius 3 is 2.79 bits per heavy atom. The fourth-order valence-corrected chi connectivity index (χ4v) is 5.06. The number of amides is 2. The standard InChI is InChI=1S/C21H28N4O4/c1-4-25(5-2)20(26)23-13-9-14-16(24(3)11-13)8-12-10-22-15-6-7-17(29-21(27)28)19(14)18(12)15/h6-7,10,13-14,16,22H,4-5,8-9,11H2,1-3H3,(H,23,26)(H,27,28)/t13-,14?,16+/m0/s1. The lowest BCUT2D eigenvalue weighted by atomic mass is 9.73. The second-order valence-corrected chi connectivity index (χ2v) is 7.95. The minimum atomic E-state index is -1.31. The number of nitrogens with one attached hydrogen (secondary N) is 2. The molecule has 3 N–H and O–H groups in total. The first-order valence-electron chi connectivity index (χ1n) is 10.2. The van der Waals surface area contributed by atoms with Gasteiger partial charge in [0.25, 0.3) is 0 Å². The van der Waals surface area contributed by atoms with Gasteiger partial charge < -0.3 is 29.9 Å². The number of fused-ring (bicyclic) bond motifs is 2. The number of nitrogens with zero attached hydrogens (tertiary/aromatic N) is 2. The molecule has 3 atom stereocenters. The van der Waals surface area contributed by atoms with Crippen LogP contribution in [0.5, 0.6) is 5.75 Å². The van der Waals surface area contributed by atoms with Gasteiger partial charge in [-0.25, -0.2) is 9.59 Å². The largest absolute Gasteiger partial charge is 0.511 e. The number of likely N-dealkylation sites (N-methyl/N-ethyl adjacent to an activating group) is 1. The number of carbonyl (C=O) groups is 2. The van der Waals surface area contributed by atoms with Crippen molar-refractivity contribution in [2.75, 3.05) is 26.7 Å². The molecule has 1 unspecified atom stereocenters. The third-order valence-corrected chi connectivity index (χ3v) is 6.38. The van der Waals surface area contributed by atoms with E-state index < -0.39 is 6.16 Å². The minimum Gasteiger partial charge on any atom is -0.449 e. The fraction of sp³-hybridized carbons (Fsp3) is 0.524. The summed E-state index contributed by atoms with van der Waals surface area (Å²) >= 11 is 0. The quantitative estimate of drug-likeness (QED) is 0.541. The third-order valence-electron chi connectivity index (χ3n) is 6.38. The van der Waals surface area contributed by atoms with E-state index in [1.54, 1.807) is 11.0 Å². The van der Waals surface area contributed by atoms with Crippen LogP contribution in [0.25, 0.3) is 10.9 Å². The summed E-state index contributed by atoms with van der Waals surface area (Å²) in [5, 5.41) is 13.5. The molecule has 0 radical (unpaired) electrons. The fourth-order valence-electron chi connectivity index (χ4n) is 5.06. The third kappa shape index (κ3) is 3.42. The van der Waals surface area contributed by atoms with Crippen molar-refractivity contribution in [3.05, 3.63) is 29.5 Å². The Labute approximate surface area is 169 Å². The summed E-state index contributed by atoms with van der Waals surface area (Å²) in [4.78, 5) is 31.2. The van der Waals surface area contributed by atoms with Crippen LogP contribution in [0.15, 0.2) is 18.3 Å². The van der Waals surface area contributed by atoms with E-state index in [9.17, 15) is 14.7 Å². The summed E-state index contributed by atoms with van der Waals surface area (Å²) in [6.07, 6.45) is 2.34. The van der Waals surface area contributed by atoms with E-state index in [0.717, 1.165) is 35.9 Å². The summed E-state index contributed by atoms with van der Waals surface area (Å²) in [5.41, 5.74) is 3.11. The van der Waals surface area contributed by atoms with Crippen LogP contribution in [0.3, 0.4) is 0 Å². The number of H-pyrrole nitrogens is 1. The van der Waals surface area contributed by atoms with Crippen molar-refractivity contribution in [3.8, 4) is 5.75 Å². The van der Waals surface area contributed by atoms with Crippen molar-refractivity contribution >= 4 is 23.1 Å². The van der Waals surface area contributed by atoms with Gasteiger partial charge >= 0.3 is 12.2 Å². The molecular formula is C21H28N4O4. The first-order valence-corrected chi connectivity index (χ1v) is 10.2. The summed E-state index contributed by atoms with van der Waals surface area (Å²) < 4.78 is 5.16. The monoisotopic (exact) mass is 400 g/mol. The van der Waals surface area contributed by atoms with Crippen LogP contribution in [0, 0.1) is 0 Å². The van der Waals surface area contributed by atoms with Crippen molar-refractivity contribution in [2.45, 2.75) is 44.7 Å². The summed E-state index contributed by atoms with van der Waals surface area (Å²) in [6.45, 7) is 6.03. The van der Waals surface area contributed by atoms with E-state index in [-0.39, 0.29) is 24.0 Å². The number of aromatic nitrogens is 1. The minimum absolute atomic E-state index is 0.0113. The van der Waals surface area contributed by atoms with Gasteiger partial charge in [-0.2, -0.15) is 0 Å². The molecule has 2 heterocycles. The number of carboxylic acid groups (broad SMARTS) is 1. The number of benzene rings is 1. The van der Waals surface area contributed by atoms with E-state index in [2.05, 4.69) is 22.2 Å². The van der Waals surface area contributed by atoms with Crippen molar-refractivity contribution < 1.29 is 19.4 Å². The van der Waals surface area contributed by atoms with Gasteiger partial charge in [-0.3, -0.25) is 0 Å². The van der Waals surface area contributed by atoms with Crippen LogP contribution in [0.1, 0.15) is 37.3 Å². The van der Waals surface area contributed by atoms with Gasteiger partial charge in [0, 0.05) is 60.3 Å². The maximum absolute atomic E-state index is 12.6. The Bertz CT molecular complexity index is 936. The Hall–Kier alpha value is -2.74. The summed E-state index contributed by atoms with van der Waals surface area (Å²) in [5.74, 6) is 0.474. The van der Waals surface area contributed by atoms with E-state index >= 15 is 0 Å². The van der Waals surface area contributed by atoms with Crippen molar-refractivity contribution in [2.24, 2.45) is 0 Å². The van der Waals surface area contributed by atoms with E-state index in [4.69, 9.17) is 4.74 Å². The number of urea groups is 1. The Morgan fingerprint density at radius 1 is 1.34 bits per heavy atom. The lowest BCUT2D eigenvalue weighted by molar-refractivity contribution is 0.120. The van der Waals surface area contributed by atoms with Crippen LogP contribution in [0.2, 0.25) is 0 Å². The smallest absolute Gasteiger partial charge is 0.449 e. The van der Waals surface area contributed by atoms with Gasteiger partial charge in [0.15, 0.2) is 0 Å². The number of ether oxygens (including phenoxy) is 1. The molecule has 2 aromatic rings. The molecule has 4 rings (SSSR count). The average Bonchev–Trinajstić information content (AvgIpc) is 3.08. The zero-order chi connectivity index (χ0) is 20.7. The van der Waals surface area contributed by atoms with Crippen molar-refractivity contribution in [3.63, 3.8) is 0 Å². The number of rotatable bonds is 4. The number of piperidine rings is 1.